The first kappa shape index (κ1) is 16.5. The molecule has 0 radical (unpaired) electrons. The summed E-state index contributed by atoms with van der Waals surface area (Å²) < 4.78 is 0. The first-order valence-corrected chi connectivity index (χ1v) is 11.0. The summed E-state index contributed by atoms with van der Waals surface area (Å²) in [6.07, 6.45) is 16.8. The van der Waals surface area contributed by atoms with Crippen molar-refractivity contribution in [1.82, 2.24) is 0 Å². The Labute approximate surface area is 145 Å². The average Bonchev–Trinajstić information content (AvgIpc) is 2.86. The van der Waals surface area contributed by atoms with Gasteiger partial charge in [-0.2, -0.15) is 0 Å². The average molecular weight is 317 g/mol. The van der Waals surface area contributed by atoms with Crippen molar-refractivity contribution in [1.29, 1.82) is 0 Å². The molecule has 132 valence electrons. The van der Waals surface area contributed by atoms with E-state index in [9.17, 15) is 0 Å². The Kier molecular flexibility index (Phi) is 4.13. The quantitative estimate of drug-likeness (QED) is 0.510. The van der Waals surface area contributed by atoms with Crippen molar-refractivity contribution in [3.8, 4) is 0 Å². The van der Waals surface area contributed by atoms with E-state index in [-0.39, 0.29) is 0 Å². The molecule has 4 aliphatic carbocycles. The second-order valence-corrected chi connectivity index (χ2v) is 10.5. The summed E-state index contributed by atoms with van der Waals surface area (Å²) >= 11 is 0. The molecular weight excluding hydrogens is 276 g/mol. The van der Waals surface area contributed by atoms with Crippen molar-refractivity contribution in [3.05, 3.63) is 0 Å². The maximum Gasteiger partial charge on any atom is -0.0266 e. The van der Waals surface area contributed by atoms with E-state index in [1.807, 2.05) is 0 Å². The lowest BCUT2D eigenvalue weighted by Crippen LogP contribution is -2.52. The molecule has 4 aliphatic rings. The fourth-order valence-corrected chi connectivity index (χ4v) is 8.77. The standard InChI is InChI=1S/C23H40/c1-5-16-15-22(3)14-12-20-19(21(22)18(16)6-2)11-10-17-9-7-8-13-23(17,20)4/h16-21H,5-15H2,1-4H3/t16?,17?,18?,19-,20-,21+,22-,23+/m1/s1. The van der Waals surface area contributed by atoms with E-state index in [1.165, 1.54) is 25.7 Å². The predicted molar refractivity (Wildman–Crippen MR) is 99.3 cm³/mol. The Balaban J connectivity index is 1.66. The number of fused-ring (bicyclic) bond motifs is 5. The van der Waals surface area contributed by atoms with Crippen molar-refractivity contribution in [2.45, 2.75) is 98.3 Å². The van der Waals surface area contributed by atoms with Crippen LogP contribution in [0.5, 0.6) is 0 Å². The topological polar surface area (TPSA) is 0 Å². The zero-order valence-corrected chi connectivity index (χ0v) is 16.2. The Bertz CT molecular complexity index is 439. The van der Waals surface area contributed by atoms with Gasteiger partial charge in [-0.3, -0.25) is 0 Å². The minimum atomic E-state index is 0.695. The zero-order chi connectivity index (χ0) is 16.2. The second kappa shape index (κ2) is 5.77. The molecule has 0 aromatic heterocycles. The van der Waals surface area contributed by atoms with Crippen molar-refractivity contribution in [3.63, 3.8) is 0 Å². The molecule has 0 nitrogen and oxygen atoms in total. The van der Waals surface area contributed by atoms with Crippen molar-refractivity contribution < 1.29 is 0 Å². The third-order valence-electron chi connectivity index (χ3n) is 9.75. The number of hydrogen-bond donors (Lipinski definition) is 0. The summed E-state index contributed by atoms with van der Waals surface area (Å²) in [6, 6.07) is 0. The lowest BCUT2D eigenvalue weighted by atomic mass is 9.44. The van der Waals surface area contributed by atoms with Crippen LogP contribution >= 0.6 is 0 Å². The van der Waals surface area contributed by atoms with Crippen molar-refractivity contribution in [2.24, 2.45) is 46.3 Å². The number of hydrogen-bond acceptors (Lipinski definition) is 0. The maximum atomic E-state index is 2.73. The van der Waals surface area contributed by atoms with Gasteiger partial charge in [0.1, 0.15) is 0 Å². The molecule has 4 saturated carbocycles. The summed E-state index contributed by atoms with van der Waals surface area (Å²) in [4.78, 5) is 0. The second-order valence-electron chi connectivity index (χ2n) is 10.5. The third kappa shape index (κ3) is 2.29. The molecule has 0 aromatic carbocycles. The van der Waals surface area contributed by atoms with E-state index in [0.717, 1.165) is 35.5 Å². The highest BCUT2D eigenvalue weighted by Gasteiger charge is 2.60. The van der Waals surface area contributed by atoms with Gasteiger partial charge in [-0.05, 0) is 91.3 Å². The first-order valence-electron chi connectivity index (χ1n) is 11.0. The summed E-state index contributed by atoms with van der Waals surface area (Å²) in [5, 5.41) is 0. The van der Waals surface area contributed by atoms with Crippen LogP contribution in [0.15, 0.2) is 0 Å². The van der Waals surface area contributed by atoms with E-state index < -0.39 is 0 Å². The molecule has 0 aromatic rings. The van der Waals surface area contributed by atoms with Crippen LogP contribution in [0, 0.1) is 46.3 Å². The molecule has 4 fully saturated rings. The largest absolute Gasteiger partial charge is 0.0651 e. The Morgan fingerprint density at radius 2 is 1.70 bits per heavy atom. The molecule has 3 unspecified atom stereocenters. The minimum Gasteiger partial charge on any atom is -0.0651 e. The zero-order valence-electron chi connectivity index (χ0n) is 16.2. The highest BCUT2D eigenvalue weighted by Crippen LogP contribution is 2.68. The van der Waals surface area contributed by atoms with Crippen LogP contribution in [-0.2, 0) is 0 Å². The first-order chi connectivity index (χ1) is 11.0. The van der Waals surface area contributed by atoms with Gasteiger partial charge < -0.3 is 0 Å². The summed E-state index contributed by atoms with van der Waals surface area (Å²) in [5.74, 6) is 6.37. The van der Waals surface area contributed by atoms with Gasteiger partial charge in [0, 0.05) is 0 Å². The van der Waals surface area contributed by atoms with Gasteiger partial charge in [-0.1, -0.05) is 53.4 Å². The van der Waals surface area contributed by atoms with Crippen molar-refractivity contribution >= 4 is 0 Å². The van der Waals surface area contributed by atoms with Crippen LogP contribution in [-0.4, -0.2) is 0 Å². The van der Waals surface area contributed by atoms with E-state index >= 15 is 0 Å². The Hall–Kier alpha value is 0. The van der Waals surface area contributed by atoms with E-state index in [2.05, 4.69) is 27.7 Å². The Morgan fingerprint density at radius 3 is 2.43 bits per heavy atom. The minimum absolute atomic E-state index is 0.695. The fourth-order valence-electron chi connectivity index (χ4n) is 8.77. The molecule has 0 N–H and O–H groups in total. The van der Waals surface area contributed by atoms with Gasteiger partial charge in [0.15, 0.2) is 0 Å². The molecule has 0 saturated heterocycles. The van der Waals surface area contributed by atoms with Gasteiger partial charge in [0.05, 0.1) is 0 Å². The highest BCUT2D eigenvalue weighted by molar-refractivity contribution is 5.09. The molecule has 4 rings (SSSR count). The van der Waals surface area contributed by atoms with Crippen LogP contribution in [0.1, 0.15) is 98.3 Å². The molecular formula is C23H40. The number of rotatable bonds is 2. The molecule has 0 spiro atoms. The maximum absolute atomic E-state index is 2.73. The molecule has 0 aliphatic heterocycles. The van der Waals surface area contributed by atoms with Crippen LogP contribution in [0.25, 0.3) is 0 Å². The molecule has 0 bridgehead atoms. The summed E-state index contributed by atoms with van der Waals surface area (Å²) in [5.41, 5.74) is 1.41. The van der Waals surface area contributed by atoms with E-state index in [1.54, 1.807) is 44.9 Å². The normalized spacial score (nSPS) is 55.8. The molecule has 23 heavy (non-hydrogen) atoms. The van der Waals surface area contributed by atoms with Crippen LogP contribution < -0.4 is 0 Å². The van der Waals surface area contributed by atoms with E-state index in [4.69, 9.17) is 0 Å². The molecule has 0 heteroatoms. The lowest BCUT2D eigenvalue weighted by molar-refractivity contribution is -0.112. The van der Waals surface area contributed by atoms with Gasteiger partial charge >= 0.3 is 0 Å². The smallest absolute Gasteiger partial charge is 0.0266 e. The summed E-state index contributed by atoms with van der Waals surface area (Å²) in [6.45, 7) is 10.4. The molecule has 8 atom stereocenters. The monoisotopic (exact) mass is 316 g/mol. The van der Waals surface area contributed by atoms with Gasteiger partial charge in [-0.25, -0.2) is 0 Å². The third-order valence-corrected chi connectivity index (χ3v) is 9.75. The highest BCUT2D eigenvalue weighted by atomic mass is 14.7. The van der Waals surface area contributed by atoms with Crippen LogP contribution in [0.3, 0.4) is 0 Å². The SMILES string of the molecule is CCC1C[C@@]2(C)CC[C@@H]3[C@@H](CCC4CCCC[C@@]43C)[C@@H]2C1CC. The predicted octanol–water partition coefficient (Wildman–Crippen LogP) is 7.08. The Morgan fingerprint density at radius 1 is 0.870 bits per heavy atom. The van der Waals surface area contributed by atoms with E-state index in [0.29, 0.717) is 10.8 Å². The van der Waals surface area contributed by atoms with Crippen LogP contribution in [0.2, 0.25) is 0 Å². The fraction of sp³-hybridized carbons (Fsp3) is 1.00. The lowest BCUT2D eigenvalue weighted by Gasteiger charge is -2.60. The van der Waals surface area contributed by atoms with Gasteiger partial charge in [-0.15, -0.1) is 0 Å². The van der Waals surface area contributed by atoms with Crippen LogP contribution in [0.4, 0.5) is 0 Å². The summed E-state index contributed by atoms with van der Waals surface area (Å²) in [7, 11) is 0. The van der Waals surface area contributed by atoms with Gasteiger partial charge in [0.25, 0.3) is 0 Å². The molecule has 0 heterocycles. The van der Waals surface area contributed by atoms with Crippen molar-refractivity contribution in [2.75, 3.05) is 0 Å². The van der Waals surface area contributed by atoms with Gasteiger partial charge in [0.2, 0.25) is 0 Å². The molecule has 0 amide bonds.